The highest BCUT2D eigenvalue weighted by atomic mass is 16.5. The SMILES string of the molecule is CCCCCCCCCCCCCCCCCCCCCCCCC/C=C/C(O)C(CO)NC(=O)CCCCCCCCCCCCCCCCCCCCCOC(=O)CCCCCCCCCCCCCCC. The van der Waals surface area contributed by atoms with Crippen LogP contribution in [-0.4, -0.2) is 47.4 Å². The number of aliphatic hydroxyl groups excluding tert-OH is 2. The monoisotopic (exact) mass is 1040 g/mol. The number of rotatable bonds is 64. The molecule has 440 valence electrons. The Hall–Kier alpha value is -1.40. The zero-order chi connectivity index (χ0) is 53.6. The fourth-order valence-corrected chi connectivity index (χ4v) is 10.9. The third-order valence-electron chi connectivity index (χ3n) is 16.1. The van der Waals surface area contributed by atoms with Crippen LogP contribution in [0.2, 0.25) is 0 Å². The number of nitrogens with one attached hydrogen (secondary N) is 1. The quantitative estimate of drug-likeness (QED) is 0.0320. The summed E-state index contributed by atoms with van der Waals surface area (Å²) in [5.74, 6) is -0.0548. The largest absolute Gasteiger partial charge is 0.466 e. The van der Waals surface area contributed by atoms with E-state index in [1.54, 1.807) is 6.08 Å². The smallest absolute Gasteiger partial charge is 0.305 e. The molecule has 3 N–H and O–H groups in total. The summed E-state index contributed by atoms with van der Waals surface area (Å²) in [6.07, 6.45) is 78.4. The number of aliphatic hydroxyl groups is 2. The van der Waals surface area contributed by atoms with Gasteiger partial charge in [0.15, 0.2) is 0 Å². The minimum atomic E-state index is -0.847. The molecule has 0 aromatic carbocycles. The van der Waals surface area contributed by atoms with E-state index >= 15 is 0 Å². The zero-order valence-corrected chi connectivity index (χ0v) is 50.4. The molecule has 74 heavy (non-hydrogen) atoms. The van der Waals surface area contributed by atoms with Gasteiger partial charge in [-0.05, 0) is 32.1 Å². The van der Waals surface area contributed by atoms with Gasteiger partial charge in [0, 0.05) is 12.8 Å². The van der Waals surface area contributed by atoms with E-state index in [1.807, 2.05) is 6.08 Å². The summed E-state index contributed by atoms with van der Waals surface area (Å²) >= 11 is 0. The molecule has 0 saturated carbocycles. The van der Waals surface area contributed by atoms with Crippen LogP contribution in [-0.2, 0) is 14.3 Å². The average Bonchev–Trinajstić information content (AvgIpc) is 3.40. The summed E-state index contributed by atoms with van der Waals surface area (Å²) in [6.45, 7) is 4.94. The molecule has 2 atom stereocenters. The Balaban J connectivity index is 3.42. The maximum atomic E-state index is 12.5. The highest BCUT2D eigenvalue weighted by Gasteiger charge is 2.18. The second kappa shape index (κ2) is 64.1. The lowest BCUT2D eigenvalue weighted by molar-refractivity contribution is -0.143. The van der Waals surface area contributed by atoms with Crippen molar-refractivity contribution < 1.29 is 24.5 Å². The second-order valence-corrected chi connectivity index (χ2v) is 23.5. The van der Waals surface area contributed by atoms with E-state index in [-0.39, 0.29) is 18.5 Å². The summed E-state index contributed by atoms with van der Waals surface area (Å²) < 4.78 is 5.48. The molecular formula is C68H133NO5. The van der Waals surface area contributed by atoms with E-state index in [0.29, 0.717) is 19.4 Å². The van der Waals surface area contributed by atoms with Crippen molar-refractivity contribution in [3.63, 3.8) is 0 Å². The first-order valence-corrected chi connectivity index (χ1v) is 34.0. The summed E-state index contributed by atoms with van der Waals surface area (Å²) in [6, 6.07) is -0.631. The van der Waals surface area contributed by atoms with Gasteiger partial charge >= 0.3 is 5.97 Å². The Morgan fingerprint density at radius 2 is 0.622 bits per heavy atom. The molecule has 0 aromatic heterocycles. The molecule has 1 amide bonds. The lowest BCUT2D eigenvalue weighted by Gasteiger charge is -2.20. The van der Waals surface area contributed by atoms with Crippen molar-refractivity contribution in [3.05, 3.63) is 12.2 Å². The fourth-order valence-electron chi connectivity index (χ4n) is 10.9. The lowest BCUT2D eigenvalue weighted by Crippen LogP contribution is -2.45. The van der Waals surface area contributed by atoms with Gasteiger partial charge in [0.2, 0.25) is 5.91 Å². The van der Waals surface area contributed by atoms with E-state index in [1.165, 1.54) is 321 Å². The van der Waals surface area contributed by atoms with Crippen molar-refractivity contribution >= 4 is 11.9 Å². The Labute approximate surface area is 463 Å². The Morgan fingerprint density at radius 3 is 0.919 bits per heavy atom. The summed E-state index contributed by atoms with van der Waals surface area (Å²) in [5, 5.41) is 23.3. The maximum absolute atomic E-state index is 12.5. The van der Waals surface area contributed by atoms with Crippen LogP contribution in [0.15, 0.2) is 12.2 Å². The number of ether oxygens (including phenoxy) is 1. The lowest BCUT2D eigenvalue weighted by atomic mass is 10.0. The molecule has 0 aliphatic rings. The molecular weight excluding hydrogens is 911 g/mol. The standard InChI is InChI=1S/C68H133NO5/c1-3-5-7-9-11-13-15-17-18-19-20-21-22-23-24-25-27-30-33-37-40-44-48-52-56-60-66(71)65(64-70)69-67(72)61-57-53-49-45-41-38-34-31-28-26-29-32-35-39-43-47-51-55-59-63-74-68(73)62-58-54-50-46-42-36-16-14-12-10-8-6-4-2/h56,60,65-66,70-71H,3-55,57-59,61-64H2,1-2H3,(H,69,72)/b60-56+. The average molecular weight is 1040 g/mol. The van der Waals surface area contributed by atoms with Crippen LogP contribution >= 0.6 is 0 Å². The van der Waals surface area contributed by atoms with E-state index in [4.69, 9.17) is 4.74 Å². The van der Waals surface area contributed by atoms with Gasteiger partial charge in [-0.2, -0.15) is 0 Å². The van der Waals surface area contributed by atoms with Gasteiger partial charge in [-0.1, -0.05) is 353 Å². The number of carbonyl (C=O) groups excluding carboxylic acids is 2. The van der Waals surface area contributed by atoms with Crippen molar-refractivity contribution in [2.24, 2.45) is 0 Å². The number of hydrogen-bond donors (Lipinski definition) is 3. The second-order valence-electron chi connectivity index (χ2n) is 23.5. The summed E-state index contributed by atoms with van der Waals surface area (Å²) in [7, 11) is 0. The molecule has 0 rings (SSSR count). The van der Waals surface area contributed by atoms with E-state index < -0.39 is 12.1 Å². The minimum absolute atomic E-state index is 0.0110. The molecule has 0 fully saturated rings. The van der Waals surface area contributed by atoms with Crippen molar-refractivity contribution in [2.45, 2.75) is 398 Å². The predicted molar refractivity (Wildman–Crippen MR) is 324 cm³/mol. The van der Waals surface area contributed by atoms with Crippen molar-refractivity contribution in [1.82, 2.24) is 5.32 Å². The van der Waals surface area contributed by atoms with Gasteiger partial charge in [0.05, 0.1) is 25.4 Å². The van der Waals surface area contributed by atoms with Gasteiger partial charge in [-0.3, -0.25) is 9.59 Å². The maximum Gasteiger partial charge on any atom is 0.305 e. The number of allylic oxidation sites excluding steroid dienone is 1. The van der Waals surface area contributed by atoms with Gasteiger partial charge in [-0.25, -0.2) is 0 Å². The molecule has 0 aliphatic carbocycles. The molecule has 0 saturated heterocycles. The summed E-state index contributed by atoms with van der Waals surface area (Å²) in [5.41, 5.74) is 0. The van der Waals surface area contributed by atoms with Gasteiger partial charge in [0.1, 0.15) is 0 Å². The molecule has 0 aromatic rings. The number of amides is 1. The minimum Gasteiger partial charge on any atom is -0.466 e. The van der Waals surface area contributed by atoms with Gasteiger partial charge in [-0.15, -0.1) is 0 Å². The van der Waals surface area contributed by atoms with Crippen molar-refractivity contribution in [1.29, 1.82) is 0 Å². The summed E-state index contributed by atoms with van der Waals surface area (Å²) in [4.78, 5) is 24.6. The molecule has 0 aliphatic heterocycles. The molecule has 0 spiro atoms. The molecule has 6 nitrogen and oxygen atoms in total. The van der Waals surface area contributed by atoms with Crippen molar-refractivity contribution in [2.75, 3.05) is 13.2 Å². The van der Waals surface area contributed by atoms with Crippen LogP contribution in [0.1, 0.15) is 386 Å². The van der Waals surface area contributed by atoms with Gasteiger partial charge in [0.25, 0.3) is 0 Å². The van der Waals surface area contributed by atoms with Crippen LogP contribution in [0.25, 0.3) is 0 Å². The third-order valence-corrected chi connectivity index (χ3v) is 16.1. The first kappa shape index (κ1) is 72.6. The van der Waals surface area contributed by atoms with E-state index in [9.17, 15) is 19.8 Å². The van der Waals surface area contributed by atoms with Gasteiger partial charge < -0.3 is 20.3 Å². The van der Waals surface area contributed by atoms with Crippen LogP contribution in [0.5, 0.6) is 0 Å². The highest BCUT2D eigenvalue weighted by molar-refractivity contribution is 5.76. The first-order valence-electron chi connectivity index (χ1n) is 34.0. The van der Waals surface area contributed by atoms with E-state index in [0.717, 1.165) is 38.5 Å². The number of hydrogen-bond acceptors (Lipinski definition) is 5. The topological polar surface area (TPSA) is 95.9 Å². The molecule has 0 radical (unpaired) electrons. The first-order chi connectivity index (χ1) is 36.5. The van der Waals surface area contributed by atoms with Crippen LogP contribution < -0.4 is 5.32 Å². The number of carbonyl (C=O) groups is 2. The normalized spacial score (nSPS) is 12.5. The third kappa shape index (κ3) is 59.8. The molecule has 2 unspecified atom stereocenters. The van der Waals surface area contributed by atoms with Crippen LogP contribution in [0.3, 0.4) is 0 Å². The highest BCUT2D eigenvalue weighted by Crippen LogP contribution is 2.19. The Bertz CT molecular complexity index is 1110. The molecule has 0 bridgehead atoms. The molecule has 6 heteroatoms. The van der Waals surface area contributed by atoms with E-state index in [2.05, 4.69) is 19.2 Å². The Morgan fingerprint density at radius 1 is 0.365 bits per heavy atom. The van der Waals surface area contributed by atoms with Crippen molar-refractivity contribution in [3.8, 4) is 0 Å². The zero-order valence-electron chi connectivity index (χ0n) is 50.4. The Kier molecular flexibility index (Phi) is 62.9. The van der Waals surface area contributed by atoms with Crippen LogP contribution in [0.4, 0.5) is 0 Å². The van der Waals surface area contributed by atoms with Crippen LogP contribution in [0, 0.1) is 0 Å². The number of unbranched alkanes of at least 4 members (excludes halogenated alkanes) is 53. The number of esters is 1. The fraction of sp³-hybridized carbons (Fsp3) is 0.941. The molecule has 0 heterocycles. The predicted octanol–water partition coefficient (Wildman–Crippen LogP) is 21.6.